The molecule has 4 aromatic rings. The molecule has 4 aromatic carbocycles. The Hall–Kier alpha value is -2.08. The maximum Gasteiger partial charge on any atom is -0.00237 e. The zero-order chi connectivity index (χ0) is 12.6. The molecule has 0 fully saturated rings. The maximum atomic E-state index is 2.41. The van der Waals surface area contributed by atoms with E-state index in [1.54, 1.807) is 11.1 Å². The Morgan fingerprint density at radius 3 is 2.32 bits per heavy atom. The average molecular weight is 242 g/mol. The van der Waals surface area contributed by atoms with Gasteiger partial charge in [-0.3, -0.25) is 0 Å². The average Bonchev–Trinajstić information content (AvgIpc) is 2.40. The molecule has 1 aliphatic rings. The van der Waals surface area contributed by atoms with E-state index in [0.717, 1.165) is 0 Å². The lowest BCUT2D eigenvalue weighted by molar-refractivity contribution is 0.854. The van der Waals surface area contributed by atoms with Gasteiger partial charge in [-0.05, 0) is 68.8 Å². The van der Waals surface area contributed by atoms with Crippen molar-refractivity contribution in [3.63, 3.8) is 0 Å². The Morgan fingerprint density at radius 1 is 0.737 bits per heavy atom. The fourth-order valence-corrected chi connectivity index (χ4v) is 3.74. The van der Waals surface area contributed by atoms with E-state index in [9.17, 15) is 0 Å². The molecule has 0 bridgehead atoms. The highest BCUT2D eigenvalue weighted by Crippen LogP contribution is 2.41. The topological polar surface area (TPSA) is 0 Å². The van der Waals surface area contributed by atoms with E-state index in [4.69, 9.17) is 0 Å². The van der Waals surface area contributed by atoms with Gasteiger partial charge < -0.3 is 0 Å². The van der Waals surface area contributed by atoms with Crippen molar-refractivity contribution in [3.8, 4) is 0 Å². The van der Waals surface area contributed by atoms with Gasteiger partial charge in [0, 0.05) is 0 Å². The minimum atomic E-state index is 1.25. The van der Waals surface area contributed by atoms with Gasteiger partial charge in [0.25, 0.3) is 0 Å². The van der Waals surface area contributed by atoms with Crippen molar-refractivity contribution in [1.29, 1.82) is 0 Å². The first-order valence-electron chi connectivity index (χ1n) is 7.02. The van der Waals surface area contributed by atoms with Gasteiger partial charge in [-0.15, -0.1) is 0 Å². The Bertz CT molecular complexity index is 960. The SMILES string of the molecule is Cc1ccc2ccc3c4c(cc5ccc1c2c53)CC4. The van der Waals surface area contributed by atoms with Crippen molar-refractivity contribution in [2.45, 2.75) is 19.8 Å². The maximum absolute atomic E-state index is 2.41. The second-order valence-electron chi connectivity index (χ2n) is 5.82. The van der Waals surface area contributed by atoms with Crippen molar-refractivity contribution in [3.05, 3.63) is 59.2 Å². The van der Waals surface area contributed by atoms with Gasteiger partial charge in [-0.1, -0.05) is 42.5 Å². The highest BCUT2D eigenvalue weighted by molar-refractivity contribution is 6.24. The highest BCUT2D eigenvalue weighted by atomic mass is 14.2. The molecule has 5 rings (SSSR count). The van der Waals surface area contributed by atoms with Gasteiger partial charge in [-0.2, -0.15) is 0 Å². The summed E-state index contributed by atoms with van der Waals surface area (Å²) in [5.74, 6) is 0. The molecular weight excluding hydrogens is 228 g/mol. The van der Waals surface area contributed by atoms with Crippen molar-refractivity contribution < 1.29 is 0 Å². The standard InChI is InChI=1S/C19H14/c1-11-2-3-12-4-9-17-16-8-5-13(16)10-14-6-7-15(11)18(12)19(14)17/h2-4,6-7,9-10H,5,8H2,1H3. The van der Waals surface area contributed by atoms with E-state index in [0.29, 0.717) is 0 Å². The fourth-order valence-electron chi connectivity index (χ4n) is 3.74. The Balaban J connectivity index is 2.20. The molecular formula is C19H14. The molecule has 0 spiro atoms. The van der Waals surface area contributed by atoms with E-state index in [1.807, 2.05) is 0 Å². The zero-order valence-corrected chi connectivity index (χ0v) is 11.0. The number of hydrogen-bond acceptors (Lipinski definition) is 0. The van der Waals surface area contributed by atoms with E-state index >= 15 is 0 Å². The van der Waals surface area contributed by atoms with E-state index in [2.05, 4.69) is 49.4 Å². The predicted molar refractivity (Wildman–Crippen MR) is 82.3 cm³/mol. The molecule has 90 valence electrons. The van der Waals surface area contributed by atoms with Crippen LogP contribution in [0.4, 0.5) is 0 Å². The van der Waals surface area contributed by atoms with Crippen molar-refractivity contribution in [2.24, 2.45) is 0 Å². The van der Waals surface area contributed by atoms with Gasteiger partial charge in [-0.25, -0.2) is 0 Å². The number of hydrogen-bond donors (Lipinski definition) is 0. The Kier molecular flexibility index (Phi) is 1.59. The third-order valence-electron chi connectivity index (χ3n) is 4.85. The van der Waals surface area contributed by atoms with E-state index in [1.165, 1.54) is 50.7 Å². The van der Waals surface area contributed by atoms with Crippen LogP contribution in [0, 0.1) is 6.92 Å². The Morgan fingerprint density at radius 2 is 1.47 bits per heavy atom. The normalized spacial score (nSPS) is 14.2. The van der Waals surface area contributed by atoms with Gasteiger partial charge in [0.05, 0.1) is 0 Å². The third kappa shape index (κ3) is 1.06. The summed E-state index contributed by atoms with van der Waals surface area (Å²) >= 11 is 0. The predicted octanol–water partition coefficient (Wildman–Crippen LogP) is 4.99. The van der Waals surface area contributed by atoms with Crippen molar-refractivity contribution >= 4 is 32.3 Å². The first kappa shape index (κ1) is 9.80. The molecule has 0 atom stereocenters. The second kappa shape index (κ2) is 3.08. The summed E-state index contributed by atoms with van der Waals surface area (Å²) in [4.78, 5) is 0. The van der Waals surface area contributed by atoms with Crippen LogP contribution >= 0.6 is 0 Å². The van der Waals surface area contributed by atoms with Crippen molar-refractivity contribution in [1.82, 2.24) is 0 Å². The molecule has 0 saturated heterocycles. The molecule has 0 heteroatoms. The summed E-state index contributed by atoms with van der Waals surface area (Å²) < 4.78 is 0. The number of fused-ring (bicyclic) bond motifs is 2. The van der Waals surface area contributed by atoms with Gasteiger partial charge in [0.1, 0.15) is 0 Å². The number of aryl methyl sites for hydroxylation is 3. The van der Waals surface area contributed by atoms with E-state index in [-0.39, 0.29) is 0 Å². The number of rotatable bonds is 0. The van der Waals surface area contributed by atoms with Gasteiger partial charge in [0.2, 0.25) is 0 Å². The second-order valence-corrected chi connectivity index (χ2v) is 5.82. The third-order valence-corrected chi connectivity index (χ3v) is 4.85. The molecule has 0 nitrogen and oxygen atoms in total. The quantitative estimate of drug-likeness (QED) is 0.381. The molecule has 0 radical (unpaired) electrons. The van der Waals surface area contributed by atoms with Crippen LogP contribution in [-0.2, 0) is 12.8 Å². The first-order valence-corrected chi connectivity index (χ1v) is 7.02. The van der Waals surface area contributed by atoms with E-state index < -0.39 is 0 Å². The smallest absolute Gasteiger partial charge is 0.00237 e. The van der Waals surface area contributed by atoms with Crippen LogP contribution in [0.1, 0.15) is 16.7 Å². The lowest BCUT2D eigenvalue weighted by Crippen LogP contribution is -2.09. The monoisotopic (exact) mass is 242 g/mol. The van der Waals surface area contributed by atoms with Crippen LogP contribution in [0.3, 0.4) is 0 Å². The summed E-state index contributed by atoms with van der Waals surface area (Å²) in [7, 11) is 0. The highest BCUT2D eigenvalue weighted by Gasteiger charge is 2.19. The lowest BCUT2D eigenvalue weighted by atomic mass is 9.80. The summed E-state index contributed by atoms with van der Waals surface area (Å²) in [6.45, 7) is 2.21. The molecule has 0 aromatic heterocycles. The lowest BCUT2D eigenvalue weighted by Gasteiger charge is -2.24. The van der Waals surface area contributed by atoms with Crippen LogP contribution in [0.15, 0.2) is 42.5 Å². The summed E-state index contributed by atoms with van der Waals surface area (Å²) in [5, 5.41) is 8.63. The molecule has 0 heterocycles. The van der Waals surface area contributed by atoms with Gasteiger partial charge >= 0.3 is 0 Å². The van der Waals surface area contributed by atoms with Crippen molar-refractivity contribution in [2.75, 3.05) is 0 Å². The van der Waals surface area contributed by atoms with Crippen LogP contribution in [0.5, 0.6) is 0 Å². The first-order chi connectivity index (χ1) is 9.33. The molecule has 0 saturated carbocycles. The minimum absolute atomic E-state index is 1.25. The molecule has 0 amide bonds. The Labute approximate surface area is 112 Å². The zero-order valence-electron chi connectivity index (χ0n) is 11.0. The summed E-state index contributed by atoms with van der Waals surface area (Å²) in [6.07, 6.45) is 2.51. The van der Waals surface area contributed by atoms with Crippen LogP contribution < -0.4 is 0 Å². The van der Waals surface area contributed by atoms with Gasteiger partial charge in [0.15, 0.2) is 0 Å². The molecule has 19 heavy (non-hydrogen) atoms. The molecule has 0 aliphatic heterocycles. The van der Waals surface area contributed by atoms with Crippen LogP contribution in [-0.4, -0.2) is 0 Å². The van der Waals surface area contributed by atoms with Crippen LogP contribution in [0.2, 0.25) is 0 Å². The molecule has 1 aliphatic carbocycles. The summed E-state index contributed by atoms with van der Waals surface area (Å²) in [5.41, 5.74) is 4.52. The largest absolute Gasteiger partial charge is 0.0581 e. The molecule has 0 unspecified atom stereocenters. The molecule has 0 N–H and O–H groups in total. The number of benzene rings is 4. The van der Waals surface area contributed by atoms with Crippen LogP contribution in [0.25, 0.3) is 32.3 Å². The summed E-state index contributed by atoms with van der Waals surface area (Å²) in [6, 6.07) is 16.1. The minimum Gasteiger partial charge on any atom is -0.0581 e. The fraction of sp³-hybridized carbons (Fsp3) is 0.158.